The van der Waals surface area contributed by atoms with Crippen LogP contribution in [0.5, 0.6) is 0 Å². The average Bonchev–Trinajstić information content (AvgIpc) is 2.69. The lowest BCUT2D eigenvalue weighted by atomic mass is 9.78. The number of hydrogen-bond acceptors (Lipinski definition) is 4. The molecular formula is C11H11BF2O4. The number of hydrogen-bond donors (Lipinski definition) is 1. The molecule has 1 heterocycles. The van der Waals surface area contributed by atoms with Crippen molar-refractivity contribution in [2.45, 2.75) is 13.0 Å². The van der Waals surface area contributed by atoms with Crippen LogP contribution in [-0.2, 0) is 16.0 Å². The van der Waals surface area contributed by atoms with Crippen LogP contribution in [0.3, 0.4) is 0 Å². The zero-order valence-electron chi connectivity index (χ0n) is 9.49. The maximum absolute atomic E-state index is 13.6. The van der Waals surface area contributed by atoms with Crippen LogP contribution < -0.4 is 5.46 Å². The second-order valence-electron chi connectivity index (χ2n) is 3.87. The van der Waals surface area contributed by atoms with E-state index in [4.69, 9.17) is 9.39 Å². The molecule has 0 fully saturated rings. The van der Waals surface area contributed by atoms with Crippen LogP contribution in [-0.4, -0.2) is 31.4 Å². The Kier molecular flexibility index (Phi) is 3.93. The van der Waals surface area contributed by atoms with Crippen molar-refractivity contribution in [3.05, 3.63) is 29.1 Å². The third-order valence-electron chi connectivity index (χ3n) is 2.62. The van der Waals surface area contributed by atoms with Gasteiger partial charge in [0.25, 0.3) is 0 Å². The summed E-state index contributed by atoms with van der Waals surface area (Å²) >= 11 is 0. The Balaban J connectivity index is 2.18. The molecule has 0 atom stereocenters. The normalized spacial score (nSPS) is 13.6. The van der Waals surface area contributed by atoms with E-state index in [-0.39, 0.29) is 25.2 Å². The molecule has 1 aliphatic rings. The first-order chi connectivity index (χ1) is 8.63. The molecule has 0 spiro atoms. The third-order valence-corrected chi connectivity index (χ3v) is 2.62. The zero-order chi connectivity index (χ0) is 13.1. The van der Waals surface area contributed by atoms with Gasteiger partial charge in [-0.3, -0.25) is 4.39 Å². The number of esters is 1. The molecule has 1 aromatic carbocycles. The van der Waals surface area contributed by atoms with Crippen LogP contribution in [0.4, 0.5) is 8.78 Å². The molecule has 2 rings (SSSR count). The molecule has 0 bridgehead atoms. The Hall–Kier alpha value is -1.47. The predicted octanol–water partition coefficient (Wildman–Crippen LogP) is 0.560. The molecule has 0 aliphatic carbocycles. The van der Waals surface area contributed by atoms with E-state index in [9.17, 15) is 18.6 Å². The molecule has 1 aliphatic heterocycles. The van der Waals surface area contributed by atoms with Crippen LogP contribution in [0, 0.1) is 5.82 Å². The van der Waals surface area contributed by atoms with Crippen molar-refractivity contribution >= 4 is 18.6 Å². The van der Waals surface area contributed by atoms with E-state index in [1.807, 2.05) is 0 Å². The van der Waals surface area contributed by atoms with Gasteiger partial charge in [-0.25, -0.2) is 9.18 Å². The largest absolute Gasteiger partial charge is 0.491 e. The van der Waals surface area contributed by atoms with E-state index in [2.05, 4.69) is 0 Å². The van der Waals surface area contributed by atoms with E-state index in [0.717, 1.165) is 6.07 Å². The summed E-state index contributed by atoms with van der Waals surface area (Å²) in [5, 5.41) is 9.45. The fraction of sp³-hybridized carbons (Fsp3) is 0.364. The van der Waals surface area contributed by atoms with Crippen LogP contribution in [0.2, 0.25) is 0 Å². The Labute approximate surface area is 103 Å². The van der Waals surface area contributed by atoms with Crippen molar-refractivity contribution in [2.24, 2.45) is 0 Å². The summed E-state index contributed by atoms with van der Waals surface area (Å²) in [6, 6.07) is 2.34. The maximum Gasteiger partial charge on any atom is 0.491 e. The summed E-state index contributed by atoms with van der Waals surface area (Å²) in [4.78, 5) is 11.5. The summed E-state index contributed by atoms with van der Waals surface area (Å²) in [5.41, 5.74) is 0.575. The van der Waals surface area contributed by atoms with Crippen molar-refractivity contribution in [2.75, 3.05) is 13.3 Å². The molecule has 4 nitrogen and oxygen atoms in total. The van der Waals surface area contributed by atoms with Gasteiger partial charge >= 0.3 is 13.1 Å². The van der Waals surface area contributed by atoms with Gasteiger partial charge in [-0.1, -0.05) is 0 Å². The highest BCUT2D eigenvalue weighted by Gasteiger charge is 2.30. The smallest absolute Gasteiger partial charge is 0.462 e. The van der Waals surface area contributed by atoms with E-state index < -0.39 is 25.6 Å². The van der Waals surface area contributed by atoms with Gasteiger partial charge in [0.1, 0.15) is 5.82 Å². The topological polar surface area (TPSA) is 55.8 Å². The summed E-state index contributed by atoms with van der Waals surface area (Å²) in [6.45, 7) is -0.609. The highest BCUT2D eigenvalue weighted by atomic mass is 19.1. The van der Waals surface area contributed by atoms with Gasteiger partial charge in [0.05, 0.1) is 25.5 Å². The van der Waals surface area contributed by atoms with E-state index in [0.29, 0.717) is 11.0 Å². The van der Waals surface area contributed by atoms with Gasteiger partial charge in [0.2, 0.25) is 0 Å². The molecule has 1 aromatic rings. The Bertz CT molecular complexity index is 467. The predicted molar refractivity (Wildman–Crippen MR) is 59.7 cm³/mol. The first-order valence-corrected chi connectivity index (χ1v) is 5.48. The lowest BCUT2D eigenvalue weighted by Crippen LogP contribution is -2.29. The molecule has 0 saturated carbocycles. The summed E-state index contributed by atoms with van der Waals surface area (Å²) in [5.74, 6) is -1.61. The first-order valence-electron chi connectivity index (χ1n) is 5.48. The number of fused-ring (bicyclic) bond motifs is 1. The highest BCUT2D eigenvalue weighted by molar-refractivity contribution is 6.61. The minimum atomic E-state index is -1.15. The second-order valence-corrected chi connectivity index (χ2v) is 3.87. The highest BCUT2D eigenvalue weighted by Crippen LogP contribution is 2.16. The number of halogens is 2. The van der Waals surface area contributed by atoms with Gasteiger partial charge in [-0.2, -0.15) is 0 Å². The zero-order valence-corrected chi connectivity index (χ0v) is 9.49. The Morgan fingerprint density at radius 1 is 1.56 bits per heavy atom. The van der Waals surface area contributed by atoms with Crippen LogP contribution in [0.15, 0.2) is 12.1 Å². The van der Waals surface area contributed by atoms with Gasteiger partial charge in [-0.15, -0.1) is 0 Å². The maximum atomic E-state index is 13.6. The van der Waals surface area contributed by atoms with E-state index in [1.54, 1.807) is 0 Å². The molecule has 1 N–H and O–H groups in total. The molecule has 96 valence electrons. The minimum absolute atomic E-state index is 0.0734. The Morgan fingerprint density at radius 2 is 2.33 bits per heavy atom. The van der Waals surface area contributed by atoms with Gasteiger partial charge in [0, 0.05) is 6.42 Å². The van der Waals surface area contributed by atoms with E-state index in [1.165, 1.54) is 6.07 Å². The van der Waals surface area contributed by atoms with Crippen molar-refractivity contribution in [1.82, 2.24) is 0 Å². The number of carbonyl (C=O) groups is 1. The quantitative estimate of drug-likeness (QED) is 0.486. The van der Waals surface area contributed by atoms with Crippen LogP contribution >= 0.6 is 0 Å². The molecule has 0 unspecified atom stereocenters. The number of rotatable bonds is 4. The average molecular weight is 256 g/mol. The molecule has 18 heavy (non-hydrogen) atoms. The number of carbonyl (C=O) groups excluding carboxylic acids is 1. The monoisotopic (exact) mass is 256 g/mol. The minimum Gasteiger partial charge on any atom is -0.462 e. The fourth-order valence-corrected chi connectivity index (χ4v) is 1.70. The Morgan fingerprint density at radius 3 is 3.06 bits per heavy atom. The summed E-state index contributed by atoms with van der Waals surface area (Å²) < 4.78 is 35.1. The summed E-state index contributed by atoms with van der Waals surface area (Å²) in [6.07, 6.45) is 0.0734. The SMILES string of the molecule is O=C(OCCCF)c1cc2c(cc1F)COB2O. The summed E-state index contributed by atoms with van der Waals surface area (Å²) in [7, 11) is -1.15. The lowest BCUT2D eigenvalue weighted by molar-refractivity contribution is 0.0489. The second kappa shape index (κ2) is 5.45. The third kappa shape index (κ3) is 2.52. The fourth-order valence-electron chi connectivity index (χ4n) is 1.70. The van der Waals surface area contributed by atoms with Crippen LogP contribution in [0.25, 0.3) is 0 Å². The van der Waals surface area contributed by atoms with E-state index >= 15 is 0 Å². The molecule has 0 radical (unpaired) electrons. The number of benzene rings is 1. The van der Waals surface area contributed by atoms with Gasteiger partial charge < -0.3 is 14.4 Å². The van der Waals surface area contributed by atoms with Crippen molar-refractivity contribution in [3.63, 3.8) is 0 Å². The standard InChI is InChI=1S/C11H11BF2O4/c13-2-1-3-17-11(15)8-5-9-7(4-10(8)14)6-18-12(9)16/h4-5,16H,1-3,6H2. The number of alkyl halides is 1. The molecule has 0 amide bonds. The number of ether oxygens (including phenoxy) is 1. The first kappa shape index (κ1) is 13.0. The molecule has 0 saturated heterocycles. The van der Waals surface area contributed by atoms with Gasteiger partial charge in [-0.05, 0) is 23.2 Å². The van der Waals surface area contributed by atoms with Crippen molar-refractivity contribution in [1.29, 1.82) is 0 Å². The molecule has 7 heteroatoms. The van der Waals surface area contributed by atoms with Crippen LogP contribution in [0.1, 0.15) is 22.3 Å². The van der Waals surface area contributed by atoms with Gasteiger partial charge in [0.15, 0.2) is 0 Å². The van der Waals surface area contributed by atoms with Crippen molar-refractivity contribution in [3.8, 4) is 0 Å². The van der Waals surface area contributed by atoms with Crippen molar-refractivity contribution < 1.29 is 28.0 Å². The molecular weight excluding hydrogens is 245 g/mol. The lowest BCUT2D eigenvalue weighted by Gasteiger charge is -2.06. The molecule has 0 aromatic heterocycles.